The molecule has 4 amide bonds. The molecule has 2 atom stereocenters. The predicted octanol–water partition coefficient (Wildman–Crippen LogP) is 0.461. The number of rotatable bonds is 4. The van der Waals surface area contributed by atoms with E-state index >= 15 is 0 Å². The third-order valence-electron chi connectivity index (χ3n) is 4.99. The van der Waals surface area contributed by atoms with Crippen LogP contribution in [0.1, 0.15) is 17.7 Å². The average Bonchev–Trinajstić information content (AvgIpc) is 3.23. The predicted molar refractivity (Wildman–Crippen MR) is 102 cm³/mol. The molecule has 0 radical (unpaired) electrons. The van der Waals surface area contributed by atoms with Crippen LogP contribution in [0.5, 0.6) is 0 Å². The van der Waals surface area contributed by atoms with E-state index in [1.807, 2.05) is 37.3 Å². The number of aromatic nitrogens is 2. The Morgan fingerprint density at radius 1 is 1.29 bits per heavy atom. The van der Waals surface area contributed by atoms with Crippen molar-refractivity contribution < 1.29 is 14.4 Å². The highest BCUT2D eigenvalue weighted by atomic mass is 16.2. The van der Waals surface area contributed by atoms with Crippen LogP contribution in [0.4, 0.5) is 10.6 Å². The second-order valence-electron chi connectivity index (χ2n) is 7.12. The maximum absolute atomic E-state index is 12.5. The van der Waals surface area contributed by atoms with Crippen LogP contribution in [0.2, 0.25) is 0 Å². The first-order chi connectivity index (χ1) is 13.5. The van der Waals surface area contributed by atoms with Crippen molar-refractivity contribution in [2.45, 2.75) is 32.0 Å². The number of anilines is 1. The van der Waals surface area contributed by atoms with Crippen molar-refractivity contribution in [1.82, 2.24) is 25.3 Å². The Hall–Kier alpha value is -3.36. The molecule has 1 aromatic heterocycles. The molecule has 146 valence electrons. The van der Waals surface area contributed by atoms with E-state index < -0.39 is 6.04 Å². The first-order valence-electron chi connectivity index (χ1n) is 9.22. The summed E-state index contributed by atoms with van der Waals surface area (Å²) in [6.07, 6.45) is 0.410. The van der Waals surface area contributed by atoms with Gasteiger partial charge in [0.05, 0.1) is 24.8 Å². The summed E-state index contributed by atoms with van der Waals surface area (Å²) in [7, 11) is 0. The van der Waals surface area contributed by atoms with Crippen molar-refractivity contribution in [2.75, 3.05) is 18.4 Å². The number of nitrogens with one attached hydrogen (secondary N) is 3. The van der Waals surface area contributed by atoms with Gasteiger partial charge in [0, 0.05) is 12.6 Å². The summed E-state index contributed by atoms with van der Waals surface area (Å²) in [5.74, 6) is 0.301. The quantitative estimate of drug-likeness (QED) is 0.714. The van der Waals surface area contributed by atoms with Gasteiger partial charge in [0.2, 0.25) is 11.8 Å². The zero-order valence-corrected chi connectivity index (χ0v) is 15.5. The Morgan fingerprint density at radius 3 is 2.82 bits per heavy atom. The minimum Gasteiger partial charge on any atom is -0.345 e. The van der Waals surface area contributed by atoms with Gasteiger partial charge >= 0.3 is 6.03 Å². The van der Waals surface area contributed by atoms with E-state index in [0.29, 0.717) is 25.3 Å². The van der Waals surface area contributed by atoms with Crippen molar-refractivity contribution in [3.05, 3.63) is 47.7 Å². The van der Waals surface area contributed by atoms with Crippen molar-refractivity contribution in [1.29, 1.82) is 0 Å². The molecule has 9 nitrogen and oxygen atoms in total. The first kappa shape index (κ1) is 18.0. The number of aryl methyl sites for hydroxylation is 1. The molecule has 2 aromatic rings. The molecular weight excluding hydrogens is 360 g/mol. The standard InChI is InChI=1S/C19H22N6O3/c1-12-7-16(25(23-12)10-13-5-3-2-4-6-13)22-19(28)21-14-8-15-18(27)20-9-17(26)24(15)11-14/h2-7,14-15H,8-11H2,1H3,(H,20,27)(H2,21,22,28)/t14-,15+/m1/s1. The molecule has 2 aliphatic heterocycles. The average molecular weight is 382 g/mol. The molecule has 2 fully saturated rings. The summed E-state index contributed by atoms with van der Waals surface area (Å²) in [4.78, 5) is 37.9. The zero-order valence-electron chi connectivity index (χ0n) is 15.5. The van der Waals surface area contributed by atoms with E-state index in [9.17, 15) is 14.4 Å². The molecule has 3 N–H and O–H groups in total. The highest BCUT2D eigenvalue weighted by Crippen LogP contribution is 2.21. The minimum absolute atomic E-state index is 0.0200. The number of carbonyl (C=O) groups is 3. The number of urea groups is 1. The van der Waals surface area contributed by atoms with Gasteiger partial charge in [-0.05, 0) is 18.9 Å². The summed E-state index contributed by atoms with van der Waals surface area (Å²) in [5.41, 5.74) is 1.87. The Balaban J connectivity index is 1.39. The van der Waals surface area contributed by atoms with Crippen LogP contribution in [0.25, 0.3) is 0 Å². The third kappa shape index (κ3) is 3.68. The summed E-state index contributed by atoms with van der Waals surface area (Å²) in [5, 5.41) is 12.7. The summed E-state index contributed by atoms with van der Waals surface area (Å²) < 4.78 is 1.74. The van der Waals surface area contributed by atoms with E-state index in [1.54, 1.807) is 10.7 Å². The second kappa shape index (κ2) is 7.34. The van der Waals surface area contributed by atoms with Gasteiger partial charge in [-0.1, -0.05) is 30.3 Å². The van der Waals surface area contributed by atoms with Gasteiger partial charge in [0.25, 0.3) is 0 Å². The molecule has 3 heterocycles. The number of benzene rings is 1. The molecule has 0 aliphatic carbocycles. The van der Waals surface area contributed by atoms with Gasteiger partial charge in [0.15, 0.2) is 0 Å². The Kier molecular flexibility index (Phi) is 4.72. The number of piperazine rings is 1. The third-order valence-corrected chi connectivity index (χ3v) is 4.99. The van der Waals surface area contributed by atoms with Crippen molar-refractivity contribution in [2.24, 2.45) is 0 Å². The number of hydrogen-bond donors (Lipinski definition) is 3. The molecule has 2 aliphatic rings. The van der Waals surface area contributed by atoms with Crippen molar-refractivity contribution in [3.8, 4) is 0 Å². The summed E-state index contributed by atoms with van der Waals surface area (Å²) >= 11 is 0. The van der Waals surface area contributed by atoms with Crippen LogP contribution in [0.15, 0.2) is 36.4 Å². The topological polar surface area (TPSA) is 108 Å². The fraction of sp³-hybridized carbons (Fsp3) is 0.368. The summed E-state index contributed by atoms with van der Waals surface area (Å²) in [6.45, 7) is 2.76. The maximum Gasteiger partial charge on any atom is 0.320 e. The van der Waals surface area contributed by atoms with Crippen LogP contribution < -0.4 is 16.0 Å². The lowest BCUT2D eigenvalue weighted by molar-refractivity contribution is -0.143. The number of nitrogens with zero attached hydrogens (tertiary/aromatic N) is 3. The van der Waals surface area contributed by atoms with Gasteiger partial charge in [-0.15, -0.1) is 0 Å². The first-order valence-corrected chi connectivity index (χ1v) is 9.22. The number of amides is 4. The van der Waals surface area contributed by atoms with Gasteiger partial charge in [-0.25, -0.2) is 9.48 Å². The van der Waals surface area contributed by atoms with Gasteiger partial charge in [0.1, 0.15) is 11.9 Å². The number of hydrogen-bond acceptors (Lipinski definition) is 4. The minimum atomic E-state index is -0.502. The van der Waals surface area contributed by atoms with Crippen LogP contribution >= 0.6 is 0 Å². The van der Waals surface area contributed by atoms with Crippen LogP contribution in [-0.4, -0.2) is 57.7 Å². The van der Waals surface area contributed by atoms with Crippen molar-refractivity contribution >= 4 is 23.7 Å². The van der Waals surface area contributed by atoms with Gasteiger partial charge in [-0.3, -0.25) is 14.9 Å². The zero-order chi connectivity index (χ0) is 19.7. The molecule has 0 unspecified atom stereocenters. The monoisotopic (exact) mass is 382 g/mol. The van der Waals surface area contributed by atoms with Crippen LogP contribution in [0.3, 0.4) is 0 Å². The fourth-order valence-electron chi connectivity index (χ4n) is 3.71. The van der Waals surface area contributed by atoms with E-state index in [-0.39, 0.29) is 30.4 Å². The Labute approximate surface area is 162 Å². The molecule has 2 saturated heterocycles. The van der Waals surface area contributed by atoms with Crippen LogP contribution in [-0.2, 0) is 16.1 Å². The van der Waals surface area contributed by atoms with Crippen LogP contribution in [0, 0.1) is 6.92 Å². The van der Waals surface area contributed by atoms with Gasteiger partial charge in [-0.2, -0.15) is 5.10 Å². The van der Waals surface area contributed by atoms with E-state index in [1.165, 1.54) is 4.90 Å². The molecule has 9 heteroatoms. The normalized spacial score (nSPS) is 21.2. The highest BCUT2D eigenvalue weighted by Gasteiger charge is 2.42. The smallest absolute Gasteiger partial charge is 0.320 e. The van der Waals surface area contributed by atoms with E-state index in [4.69, 9.17) is 0 Å². The lowest BCUT2D eigenvalue weighted by atomic mass is 10.1. The molecule has 0 bridgehead atoms. The molecular formula is C19H22N6O3. The second-order valence-corrected chi connectivity index (χ2v) is 7.12. The maximum atomic E-state index is 12.5. The van der Waals surface area contributed by atoms with E-state index in [2.05, 4.69) is 21.0 Å². The van der Waals surface area contributed by atoms with E-state index in [0.717, 1.165) is 11.3 Å². The largest absolute Gasteiger partial charge is 0.345 e. The number of fused-ring (bicyclic) bond motifs is 1. The molecule has 4 rings (SSSR count). The van der Waals surface area contributed by atoms with Crippen molar-refractivity contribution in [3.63, 3.8) is 0 Å². The molecule has 0 saturated carbocycles. The SMILES string of the molecule is Cc1cc(NC(=O)N[C@@H]2C[C@H]3C(=O)NCC(=O)N3C2)n(Cc2ccccc2)n1. The summed E-state index contributed by atoms with van der Waals surface area (Å²) in [6, 6.07) is 10.5. The number of carbonyl (C=O) groups excluding carboxylic acids is 3. The molecule has 28 heavy (non-hydrogen) atoms. The lowest BCUT2D eigenvalue weighted by Gasteiger charge is -2.28. The lowest BCUT2D eigenvalue weighted by Crippen LogP contribution is -2.55. The Morgan fingerprint density at radius 2 is 2.07 bits per heavy atom. The van der Waals surface area contributed by atoms with Gasteiger partial charge < -0.3 is 15.5 Å². The fourth-order valence-corrected chi connectivity index (χ4v) is 3.71. The molecule has 0 spiro atoms. The highest BCUT2D eigenvalue weighted by molar-refractivity contribution is 5.95. The molecule has 1 aromatic carbocycles. The Bertz CT molecular complexity index is 886.